The molecule has 1 saturated carbocycles. The van der Waals surface area contributed by atoms with Crippen molar-refractivity contribution in [3.63, 3.8) is 0 Å². The van der Waals surface area contributed by atoms with Crippen LogP contribution in [-0.4, -0.2) is 102 Å². The molecule has 3 N–H and O–H groups in total. The molecule has 60 heavy (non-hydrogen) atoms. The van der Waals surface area contributed by atoms with E-state index in [0.717, 1.165) is 51.6 Å². The summed E-state index contributed by atoms with van der Waals surface area (Å²) >= 11 is 1.28. The van der Waals surface area contributed by atoms with Crippen molar-refractivity contribution in [2.75, 3.05) is 68.4 Å². The Hall–Kier alpha value is -5.28. The van der Waals surface area contributed by atoms with E-state index in [1.165, 1.54) is 37.4 Å². The number of hydrogen-bond acceptors (Lipinski definition) is 13. The van der Waals surface area contributed by atoms with Gasteiger partial charge in [-0.25, -0.2) is 18.1 Å². The van der Waals surface area contributed by atoms with Gasteiger partial charge in [-0.1, -0.05) is 6.92 Å². The largest absolute Gasteiger partial charge is 0.453 e. The molecule has 3 heterocycles. The van der Waals surface area contributed by atoms with Gasteiger partial charge in [-0.05, 0) is 94.1 Å². The topological polar surface area (TPSA) is 157 Å². The van der Waals surface area contributed by atoms with Crippen LogP contribution in [0.15, 0.2) is 59.7 Å². The number of amides is 1. The minimum absolute atomic E-state index is 0.00990. The lowest BCUT2D eigenvalue weighted by Crippen LogP contribution is -2.52. The minimum Gasteiger partial charge on any atom is -0.453 e. The van der Waals surface area contributed by atoms with Crippen LogP contribution in [0.25, 0.3) is 10.9 Å². The summed E-state index contributed by atoms with van der Waals surface area (Å²) in [5.41, 5.74) is 1.32. The number of carbonyl (C=O) groups excluding carboxylic acids is 2. The van der Waals surface area contributed by atoms with Crippen molar-refractivity contribution in [1.29, 1.82) is 5.26 Å². The molecular weight excluding hydrogens is 793 g/mol. The van der Waals surface area contributed by atoms with E-state index in [0.29, 0.717) is 66.5 Å². The summed E-state index contributed by atoms with van der Waals surface area (Å²) in [7, 11) is 3.41. The third kappa shape index (κ3) is 9.36. The molecule has 2 saturated heterocycles. The number of hydrogen-bond donors (Lipinski definition) is 3. The van der Waals surface area contributed by atoms with Crippen molar-refractivity contribution >= 4 is 52.3 Å². The second kappa shape index (κ2) is 19.0. The first-order valence-electron chi connectivity index (χ1n) is 20.4. The maximum atomic E-state index is 15.4. The second-order valence-corrected chi connectivity index (χ2v) is 16.6. The molecule has 7 rings (SSSR count). The molecular formula is C43H51F2N9O5S. The quantitative estimate of drug-likeness (QED) is 0.0915. The van der Waals surface area contributed by atoms with E-state index < -0.39 is 11.9 Å². The van der Waals surface area contributed by atoms with Crippen molar-refractivity contribution in [2.45, 2.75) is 75.6 Å². The molecule has 4 aromatic rings. The number of nitrogens with zero attached hydrogens (tertiary/aromatic N) is 6. The molecule has 1 spiro atoms. The first-order chi connectivity index (χ1) is 29.0. The van der Waals surface area contributed by atoms with Gasteiger partial charge >= 0.3 is 0 Å². The van der Waals surface area contributed by atoms with Crippen LogP contribution in [0.2, 0.25) is 0 Å². The van der Waals surface area contributed by atoms with Gasteiger partial charge in [0, 0.05) is 70.1 Å². The van der Waals surface area contributed by atoms with Crippen LogP contribution in [-0.2, 0) is 14.3 Å². The first kappa shape index (κ1) is 42.8. The second-order valence-electron chi connectivity index (χ2n) is 15.6. The molecule has 2 aliphatic heterocycles. The van der Waals surface area contributed by atoms with Crippen LogP contribution >= 0.6 is 12.1 Å². The summed E-state index contributed by atoms with van der Waals surface area (Å²) in [6, 6.07) is 14.0. The number of likely N-dealkylation sites (N-methyl/N-ethyl adjacent to an activating group) is 1. The zero-order valence-electron chi connectivity index (χ0n) is 34.1. The van der Waals surface area contributed by atoms with Crippen molar-refractivity contribution < 1.29 is 27.8 Å². The smallest absolute Gasteiger partial charge is 0.261 e. The third-order valence-electron chi connectivity index (χ3n) is 12.0. The lowest BCUT2D eigenvalue weighted by Gasteiger charge is -2.45. The Labute approximate surface area is 352 Å². The molecule has 0 radical (unpaired) electrons. The van der Waals surface area contributed by atoms with Crippen LogP contribution < -0.4 is 30.6 Å². The molecule has 3 aromatic carbocycles. The maximum absolute atomic E-state index is 15.4. The van der Waals surface area contributed by atoms with E-state index in [2.05, 4.69) is 30.1 Å². The monoisotopic (exact) mass is 843 g/mol. The lowest BCUT2D eigenvalue weighted by atomic mass is 9.79. The molecule has 3 fully saturated rings. The average Bonchev–Trinajstić information content (AvgIpc) is 3.68. The summed E-state index contributed by atoms with van der Waals surface area (Å²) in [5.74, 6) is -1.35. The van der Waals surface area contributed by atoms with Crippen molar-refractivity contribution in [3.05, 3.63) is 82.4 Å². The Kier molecular flexibility index (Phi) is 13.5. The Morgan fingerprint density at radius 1 is 1.12 bits per heavy atom. The molecule has 1 aromatic heterocycles. The number of halogens is 2. The number of aldehydes is 1. The van der Waals surface area contributed by atoms with Crippen LogP contribution in [0.4, 0.5) is 25.8 Å². The highest BCUT2D eigenvalue weighted by molar-refractivity contribution is 7.98. The van der Waals surface area contributed by atoms with Gasteiger partial charge < -0.3 is 34.5 Å². The summed E-state index contributed by atoms with van der Waals surface area (Å²) in [6.07, 6.45) is 7.19. The molecule has 17 heteroatoms. The van der Waals surface area contributed by atoms with Gasteiger partial charge in [0.1, 0.15) is 35.5 Å². The fraction of sp³-hybridized carbons (Fsp3) is 0.465. The van der Waals surface area contributed by atoms with Crippen LogP contribution in [0.1, 0.15) is 63.5 Å². The number of nitrogens with one attached hydrogen (secondary N) is 3. The van der Waals surface area contributed by atoms with Gasteiger partial charge in [0.15, 0.2) is 11.6 Å². The normalized spacial score (nSPS) is 21.2. The molecule has 1 amide bonds. The summed E-state index contributed by atoms with van der Waals surface area (Å²) in [5, 5.41) is 15.9. The molecule has 2 unspecified atom stereocenters. The van der Waals surface area contributed by atoms with E-state index in [9.17, 15) is 19.6 Å². The highest BCUT2D eigenvalue weighted by atomic mass is 32.2. The zero-order valence-corrected chi connectivity index (χ0v) is 34.9. The standard InChI is InChI=1S/C43H51F2N9O5S/c1-4-51(3)60-50-37-11-9-34(44)40(33(37)25-46)59-31-8-10-36-32(23-31)42(57)54(27-48-36)30-24-43(58-26-30)15-13-29(14-16-43)52-17-19-53(20-18-52)39-12-7-28(22-35(39)45)49-38(6-5-21-55)41(56)47-2/h7-12,21-23,27,29-30,38,49-50H,4-6,13-20,24,26H2,1-3H3,(H,47,56). The van der Waals surface area contributed by atoms with Gasteiger partial charge in [-0.2, -0.15) is 5.26 Å². The molecule has 2 atom stereocenters. The Morgan fingerprint density at radius 3 is 2.60 bits per heavy atom. The Morgan fingerprint density at radius 2 is 1.90 bits per heavy atom. The molecule has 318 valence electrons. The Bertz CT molecular complexity index is 2290. The lowest BCUT2D eigenvalue weighted by molar-refractivity contribution is -0.121. The van der Waals surface area contributed by atoms with E-state index in [1.54, 1.807) is 41.2 Å². The Balaban J connectivity index is 0.947. The summed E-state index contributed by atoms with van der Waals surface area (Å²) in [6.45, 7) is 6.10. The average molecular weight is 844 g/mol. The number of aromatic nitrogens is 2. The number of nitriles is 1. The highest BCUT2D eigenvalue weighted by Gasteiger charge is 2.45. The predicted molar refractivity (Wildman–Crippen MR) is 228 cm³/mol. The van der Waals surface area contributed by atoms with Gasteiger partial charge in [0.2, 0.25) is 5.91 Å². The maximum Gasteiger partial charge on any atom is 0.261 e. The van der Waals surface area contributed by atoms with E-state index >= 15 is 8.78 Å². The van der Waals surface area contributed by atoms with Gasteiger partial charge in [0.05, 0.1) is 46.9 Å². The molecule has 3 aliphatic rings. The number of ether oxygens (including phenoxy) is 2. The van der Waals surface area contributed by atoms with Crippen molar-refractivity contribution in [2.24, 2.45) is 0 Å². The van der Waals surface area contributed by atoms with Crippen LogP contribution in [0.5, 0.6) is 11.5 Å². The number of carbonyl (C=O) groups is 2. The number of fused-ring (bicyclic) bond motifs is 1. The minimum atomic E-state index is -0.699. The highest BCUT2D eigenvalue weighted by Crippen LogP contribution is 2.44. The molecule has 0 bridgehead atoms. The van der Waals surface area contributed by atoms with Crippen molar-refractivity contribution in [1.82, 2.24) is 24.1 Å². The van der Waals surface area contributed by atoms with E-state index in [4.69, 9.17) is 9.47 Å². The zero-order chi connectivity index (χ0) is 42.4. The third-order valence-corrected chi connectivity index (χ3v) is 12.9. The summed E-state index contributed by atoms with van der Waals surface area (Å²) < 4.78 is 49.5. The molecule has 14 nitrogen and oxygen atoms in total. The van der Waals surface area contributed by atoms with Gasteiger partial charge in [-0.3, -0.25) is 19.1 Å². The SMILES string of the molecule is CCN(C)SNc1ccc(F)c(Oc2ccc3ncn(C4COC5(CCC(N6CCN(c7ccc(NC(CCC=O)C(=O)NC)cc7F)CC6)CC5)C4)c(=O)c3c2)c1C#N. The first-order valence-corrected chi connectivity index (χ1v) is 21.2. The van der Waals surface area contributed by atoms with Crippen LogP contribution in [0, 0.1) is 23.0 Å². The van der Waals surface area contributed by atoms with Crippen LogP contribution in [0.3, 0.4) is 0 Å². The van der Waals surface area contributed by atoms with Gasteiger partial charge in [-0.15, -0.1) is 0 Å². The summed E-state index contributed by atoms with van der Waals surface area (Å²) in [4.78, 5) is 46.2. The van der Waals surface area contributed by atoms with E-state index in [1.807, 2.05) is 24.3 Å². The van der Waals surface area contributed by atoms with Gasteiger partial charge in [0.25, 0.3) is 5.56 Å². The number of benzene rings is 3. The number of anilines is 3. The predicted octanol–water partition coefficient (Wildman–Crippen LogP) is 6.24. The molecule has 1 aliphatic carbocycles. The number of rotatable bonds is 15. The number of piperazine rings is 1. The fourth-order valence-electron chi connectivity index (χ4n) is 8.50. The van der Waals surface area contributed by atoms with Crippen molar-refractivity contribution in [3.8, 4) is 17.6 Å². The fourth-order valence-corrected chi connectivity index (χ4v) is 9.06. The van der Waals surface area contributed by atoms with E-state index in [-0.39, 0.29) is 52.4 Å².